The van der Waals surface area contributed by atoms with Crippen molar-refractivity contribution in [3.8, 4) is 0 Å². The molecule has 0 amide bonds. The standard InChI is InChI=1S/C11H13F3N2O2/c1-2-18-8(17)3-6-5-16-11(14)7(4-15)9(6)10(12)13/h5,10H,2-4,15H2,1H3. The van der Waals surface area contributed by atoms with Crippen molar-refractivity contribution in [3.63, 3.8) is 0 Å². The molecule has 0 fully saturated rings. The highest BCUT2D eigenvalue weighted by molar-refractivity contribution is 5.73. The zero-order valence-corrected chi connectivity index (χ0v) is 9.75. The molecule has 0 saturated heterocycles. The summed E-state index contributed by atoms with van der Waals surface area (Å²) in [6, 6.07) is 0. The highest BCUT2D eigenvalue weighted by Crippen LogP contribution is 2.28. The Kier molecular flexibility index (Phi) is 5.08. The highest BCUT2D eigenvalue weighted by atomic mass is 19.3. The van der Waals surface area contributed by atoms with Crippen molar-refractivity contribution in [2.24, 2.45) is 5.73 Å². The average molecular weight is 262 g/mol. The molecule has 1 heterocycles. The van der Waals surface area contributed by atoms with Crippen LogP contribution in [0.15, 0.2) is 6.20 Å². The van der Waals surface area contributed by atoms with Crippen LogP contribution in [0.25, 0.3) is 0 Å². The van der Waals surface area contributed by atoms with Crippen LogP contribution in [0.3, 0.4) is 0 Å². The number of hydrogen-bond acceptors (Lipinski definition) is 4. The molecule has 0 spiro atoms. The molecule has 18 heavy (non-hydrogen) atoms. The molecule has 100 valence electrons. The predicted molar refractivity (Wildman–Crippen MR) is 57.4 cm³/mol. The maximum atomic E-state index is 13.2. The van der Waals surface area contributed by atoms with Crippen LogP contribution < -0.4 is 5.73 Å². The molecular formula is C11H13F3N2O2. The van der Waals surface area contributed by atoms with Crippen LogP contribution in [-0.2, 0) is 22.5 Å². The monoisotopic (exact) mass is 262 g/mol. The first-order chi connectivity index (χ1) is 8.51. The van der Waals surface area contributed by atoms with Gasteiger partial charge in [-0.1, -0.05) is 0 Å². The fourth-order valence-corrected chi connectivity index (χ4v) is 1.56. The first-order valence-electron chi connectivity index (χ1n) is 5.31. The van der Waals surface area contributed by atoms with Gasteiger partial charge in [0.05, 0.1) is 13.0 Å². The van der Waals surface area contributed by atoms with E-state index in [4.69, 9.17) is 5.73 Å². The number of pyridine rings is 1. The normalized spacial score (nSPS) is 10.8. The number of halogens is 3. The van der Waals surface area contributed by atoms with Gasteiger partial charge in [-0.05, 0) is 12.5 Å². The van der Waals surface area contributed by atoms with Crippen molar-refractivity contribution < 1.29 is 22.7 Å². The van der Waals surface area contributed by atoms with E-state index in [1.54, 1.807) is 6.92 Å². The number of nitrogens with two attached hydrogens (primary N) is 1. The summed E-state index contributed by atoms with van der Waals surface area (Å²) in [5.41, 5.74) is 4.21. The first kappa shape index (κ1) is 14.4. The second-order valence-electron chi connectivity index (χ2n) is 3.45. The smallest absolute Gasteiger partial charge is 0.310 e. The Balaban J connectivity index is 3.15. The quantitative estimate of drug-likeness (QED) is 0.648. The lowest BCUT2D eigenvalue weighted by atomic mass is 10.0. The Morgan fingerprint density at radius 1 is 1.56 bits per heavy atom. The van der Waals surface area contributed by atoms with Gasteiger partial charge >= 0.3 is 5.97 Å². The zero-order valence-electron chi connectivity index (χ0n) is 9.75. The van der Waals surface area contributed by atoms with Crippen LogP contribution in [0.2, 0.25) is 0 Å². The topological polar surface area (TPSA) is 65.2 Å². The molecule has 0 saturated carbocycles. The van der Waals surface area contributed by atoms with E-state index in [0.29, 0.717) is 0 Å². The van der Waals surface area contributed by atoms with Gasteiger partial charge in [-0.15, -0.1) is 0 Å². The van der Waals surface area contributed by atoms with E-state index in [1.807, 2.05) is 0 Å². The lowest BCUT2D eigenvalue weighted by molar-refractivity contribution is -0.142. The summed E-state index contributed by atoms with van der Waals surface area (Å²) in [4.78, 5) is 14.6. The van der Waals surface area contributed by atoms with E-state index < -0.39 is 30.5 Å². The number of alkyl halides is 2. The van der Waals surface area contributed by atoms with E-state index >= 15 is 0 Å². The number of ether oxygens (including phenoxy) is 1. The Morgan fingerprint density at radius 3 is 2.72 bits per heavy atom. The molecule has 1 aromatic heterocycles. The molecule has 0 aliphatic heterocycles. The lowest BCUT2D eigenvalue weighted by Gasteiger charge is -2.12. The van der Waals surface area contributed by atoms with Crippen LogP contribution in [0.1, 0.15) is 30.0 Å². The molecule has 0 aromatic carbocycles. The average Bonchev–Trinajstić information content (AvgIpc) is 2.30. The third-order valence-corrected chi connectivity index (χ3v) is 2.32. The number of rotatable bonds is 5. The van der Waals surface area contributed by atoms with Gasteiger partial charge in [-0.2, -0.15) is 4.39 Å². The number of esters is 1. The van der Waals surface area contributed by atoms with E-state index in [-0.39, 0.29) is 24.2 Å². The minimum Gasteiger partial charge on any atom is -0.466 e. The van der Waals surface area contributed by atoms with Crippen LogP contribution in [0.4, 0.5) is 13.2 Å². The van der Waals surface area contributed by atoms with Crippen LogP contribution in [0, 0.1) is 5.95 Å². The van der Waals surface area contributed by atoms with Gasteiger partial charge < -0.3 is 10.5 Å². The molecular weight excluding hydrogens is 249 g/mol. The second kappa shape index (κ2) is 6.34. The largest absolute Gasteiger partial charge is 0.466 e. The molecule has 2 N–H and O–H groups in total. The molecule has 0 unspecified atom stereocenters. The Morgan fingerprint density at radius 2 is 2.22 bits per heavy atom. The highest BCUT2D eigenvalue weighted by Gasteiger charge is 2.22. The van der Waals surface area contributed by atoms with E-state index in [1.165, 1.54) is 0 Å². The Labute approximate surface area is 102 Å². The van der Waals surface area contributed by atoms with E-state index in [9.17, 15) is 18.0 Å². The molecule has 0 aliphatic carbocycles. The van der Waals surface area contributed by atoms with Crippen LogP contribution in [0.5, 0.6) is 0 Å². The molecule has 0 aliphatic rings. The Hall–Kier alpha value is -1.63. The molecule has 1 aromatic rings. The van der Waals surface area contributed by atoms with Crippen molar-refractivity contribution in [2.45, 2.75) is 26.3 Å². The van der Waals surface area contributed by atoms with Gasteiger partial charge in [0.1, 0.15) is 0 Å². The van der Waals surface area contributed by atoms with Crippen LogP contribution >= 0.6 is 0 Å². The van der Waals surface area contributed by atoms with E-state index in [2.05, 4.69) is 9.72 Å². The minimum atomic E-state index is -2.93. The summed E-state index contributed by atoms with van der Waals surface area (Å²) < 4.78 is 43.7. The third kappa shape index (κ3) is 3.19. The predicted octanol–water partition coefficient (Wildman–Crippen LogP) is 1.72. The number of nitrogens with zero attached hydrogens (tertiary/aromatic N) is 1. The van der Waals surface area contributed by atoms with E-state index in [0.717, 1.165) is 6.20 Å². The third-order valence-electron chi connectivity index (χ3n) is 2.32. The van der Waals surface area contributed by atoms with Crippen molar-refractivity contribution >= 4 is 5.97 Å². The van der Waals surface area contributed by atoms with Crippen molar-refractivity contribution in [1.82, 2.24) is 4.98 Å². The molecule has 0 radical (unpaired) electrons. The lowest BCUT2D eigenvalue weighted by Crippen LogP contribution is -2.14. The van der Waals surface area contributed by atoms with Crippen molar-refractivity contribution in [2.75, 3.05) is 6.61 Å². The summed E-state index contributed by atoms with van der Waals surface area (Å²) in [7, 11) is 0. The maximum Gasteiger partial charge on any atom is 0.310 e. The summed E-state index contributed by atoms with van der Waals surface area (Å²) in [6.45, 7) is 1.33. The number of carbonyl (C=O) groups is 1. The molecule has 0 atom stereocenters. The molecule has 1 rings (SSSR count). The Bertz CT molecular complexity index is 439. The van der Waals surface area contributed by atoms with Gasteiger partial charge in [0.15, 0.2) is 0 Å². The van der Waals surface area contributed by atoms with Gasteiger partial charge in [-0.3, -0.25) is 4.79 Å². The minimum absolute atomic E-state index is 0.0645. The summed E-state index contributed by atoms with van der Waals surface area (Å²) in [5, 5.41) is 0. The number of carbonyl (C=O) groups excluding carboxylic acids is 1. The first-order valence-corrected chi connectivity index (χ1v) is 5.31. The second-order valence-corrected chi connectivity index (χ2v) is 3.45. The van der Waals surface area contributed by atoms with Gasteiger partial charge in [-0.25, -0.2) is 13.8 Å². The molecule has 4 nitrogen and oxygen atoms in total. The van der Waals surface area contributed by atoms with Gasteiger partial charge in [0.25, 0.3) is 6.43 Å². The summed E-state index contributed by atoms with van der Waals surface area (Å²) >= 11 is 0. The maximum absolute atomic E-state index is 13.2. The van der Waals surface area contributed by atoms with Gasteiger partial charge in [0.2, 0.25) is 5.95 Å². The van der Waals surface area contributed by atoms with Gasteiger partial charge in [0, 0.05) is 23.9 Å². The summed E-state index contributed by atoms with van der Waals surface area (Å²) in [6.07, 6.45) is -2.40. The molecule has 0 bridgehead atoms. The fraction of sp³-hybridized carbons (Fsp3) is 0.455. The summed E-state index contributed by atoms with van der Waals surface area (Å²) in [5.74, 6) is -1.71. The number of hydrogen-bond donors (Lipinski definition) is 1. The molecule has 7 heteroatoms. The fourth-order valence-electron chi connectivity index (χ4n) is 1.56. The van der Waals surface area contributed by atoms with Crippen LogP contribution in [-0.4, -0.2) is 17.6 Å². The number of aromatic nitrogens is 1. The van der Waals surface area contributed by atoms with Crippen molar-refractivity contribution in [3.05, 3.63) is 28.8 Å². The van der Waals surface area contributed by atoms with Crippen molar-refractivity contribution in [1.29, 1.82) is 0 Å². The zero-order chi connectivity index (χ0) is 13.7. The SMILES string of the molecule is CCOC(=O)Cc1cnc(F)c(CN)c1C(F)F.